The quantitative estimate of drug-likeness (QED) is 0.836. The molecule has 0 bridgehead atoms. The smallest absolute Gasteiger partial charge is 0.110 e. The average Bonchev–Trinajstić information content (AvgIpc) is 2.17. The zero-order valence-corrected chi connectivity index (χ0v) is 10.9. The van der Waals surface area contributed by atoms with E-state index in [0.29, 0.717) is 6.04 Å². The van der Waals surface area contributed by atoms with Gasteiger partial charge in [0.1, 0.15) is 5.03 Å². The number of hydrogen-bond acceptors (Lipinski definition) is 3. The topological polar surface area (TPSA) is 24.9 Å². The minimum Gasteiger partial charge on any atom is -0.314 e. The Morgan fingerprint density at radius 2 is 2.43 bits per heavy atom. The fourth-order valence-corrected chi connectivity index (χ4v) is 2.55. The monoisotopic (exact) mass is 274 g/mol. The maximum Gasteiger partial charge on any atom is 0.110 e. The Morgan fingerprint density at radius 1 is 1.64 bits per heavy atom. The van der Waals surface area contributed by atoms with Gasteiger partial charge in [0.2, 0.25) is 0 Å². The van der Waals surface area contributed by atoms with Gasteiger partial charge >= 0.3 is 0 Å². The van der Waals surface area contributed by atoms with Crippen molar-refractivity contribution in [3.05, 3.63) is 22.8 Å². The van der Waals surface area contributed by atoms with E-state index >= 15 is 0 Å². The van der Waals surface area contributed by atoms with Crippen molar-refractivity contribution in [1.82, 2.24) is 10.3 Å². The van der Waals surface area contributed by atoms with Gasteiger partial charge < -0.3 is 5.32 Å². The molecular formula is C10H15BrN2S. The largest absolute Gasteiger partial charge is 0.314 e. The lowest BCUT2D eigenvalue weighted by molar-refractivity contribution is 0.620. The van der Waals surface area contributed by atoms with Gasteiger partial charge in [-0.1, -0.05) is 6.92 Å². The Balaban J connectivity index is 2.41. The van der Waals surface area contributed by atoms with Crippen molar-refractivity contribution in [2.24, 2.45) is 0 Å². The number of hydrogen-bond donors (Lipinski definition) is 1. The fourth-order valence-electron chi connectivity index (χ4n) is 1.09. The molecule has 0 aromatic carbocycles. The lowest BCUT2D eigenvalue weighted by Crippen LogP contribution is -2.27. The molecule has 0 radical (unpaired) electrons. The van der Waals surface area contributed by atoms with Gasteiger partial charge in [0.25, 0.3) is 0 Å². The first-order valence-corrected chi connectivity index (χ1v) is 6.48. The molecule has 0 amide bonds. The summed E-state index contributed by atoms with van der Waals surface area (Å²) in [5.41, 5.74) is 0. The second-order valence-corrected chi connectivity index (χ2v) is 4.92. The van der Waals surface area contributed by atoms with Crippen LogP contribution in [0.5, 0.6) is 0 Å². The number of nitrogens with zero attached hydrogens (tertiary/aromatic N) is 1. The molecule has 1 aromatic heterocycles. The molecule has 1 rings (SSSR count). The highest BCUT2D eigenvalue weighted by Crippen LogP contribution is 2.24. The number of halogens is 1. The summed E-state index contributed by atoms with van der Waals surface area (Å²) in [6.07, 6.45) is 1.82. The molecule has 1 N–H and O–H groups in total. The van der Waals surface area contributed by atoms with Crippen LogP contribution in [0.1, 0.15) is 13.8 Å². The summed E-state index contributed by atoms with van der Waals surface area (Å²) in [5.74, 6) is 1.05. The minimum atomic E-state index is 0.527. The van der Waals surface area contributed by atoms with Crippen molar-refractivity contribution in [2.45, 2.75) is 24.9 Å². The molecular weight excluding hydrogens is 260 g/mol. The zero-order valence-electron chi connectivity index (χ0n) is 8.46. The third-order valence-electron chi connectivity index (χ3n) is 1.75. The molecule has 78 valence electrons. The standard InChI is InChI=1S/C10H15BrN2S/c1-3-12-8(2)7-14-10-9(11)5-4-6-13-10/h4-6,8,12H,3,7H2,1-2H3. The lowest BCUT2D eigenvalue weighted by atomic mass is 10.4. The van der Waals surface area contributed by atoms with Gasteiger partial charge in [-0.05, 0) is 41.5 Å². The Hall–Kier alpha value is -0.0600. The number of aromatic nitrogens is 1. The van der Waals surface area contributed by atoms with Crippen molar-refractivity contribution < 1.29 is 0 Å². The molecule has 1 unspecified atom stereocenters. The summed E-state index contributed by atoms with van der Waals surface area (Å²) < 4.78 is 1.08. The summed E-state index contributed by atoms with van der Waals surface area (Å²) in [5, 5.41) is 4.44. The van der Waals surface area contributed by atoms with Crippen molar-refractivity contribution >= 4 is 27.7 Å². The molecule has 1 atom stereocenters. The van der Waals surface area contributed by atoms with Crippen LogP contribution >= 0.6 is 27.7 Å². The van der Waals surface area contributed by atoms with Gasteiger partial charge in [-0.2, -0.15) is 0 Å². The zero-order chi connectivity index (χ0) is 10.4. The SMILES string of the molecule is CCNC(C)CSc1ncccc1Br. The number of thioether (sulfide) groups is 1. The molecule has 1 heterocycles. The lowest BCUT2D eigenvalue weighted by Gasteiger charge is -2.11. The molecule has 0 aliphatic carbocycles. The van der Waals surface area contributed by atoms with Crippen LogP contribution in [0.15, 0.2) is 27.8 Å². The molecule has 1 aromatic rings. The first kappa shape index (κ1) is 12.0. The van der Waals surface area contributed by atoms with Crippen molar-refractivity contribution in [1.29, 1.82) is 0 Å². The summed E-state index contributed by atoms with van der Waals surface area (Å²) in [4.78, 5) is 4.30. The Bertz CT molecular complexity index is 281. The molecule has 0 saturated carbocycles. The maximum atomic E-state index is 4.30. The molecule has 14 heavy (non-hydrogen) atoms. The second-order valence-electron chi connectivity index (χ2n) is 3.06. The first-order chi connectivity index (χ1) is 6.74. The van der Waals surface area contributed by atoms with Crippen LogP contribution in [0.2, 0.25) is 0 Å². The van der Waals surface area contributed by atoms with Gasteiger partial charge in [-0.15, -0.1) is 11.8 Å². The summed E-state index contributed by atoms with van der Waals surface area (Å²) >= 11 is 5.26. The predicted octanol–water partition coefficient (Wildman–Crippen LogP) is 2.93. The van der Waals surface area contributed by atoms with Crippen LogP contribution in [0.3, 0.4) is 0 Å². The highest BCUT2D eigenvalue weighted by atomic mass is 79.9. The average molecular weight is 275 g/mol. The minimum absolute atomic E-state index is 0.527. The van der Waals surface area contributed by atoms with Crippen molar-refractivity contribution in [3.63, 3.8) is 0 Å². The summed E-state index contributed by atoms with van der Waals surface area (Å²) in [6.45, 7) is 5.33. The van der Waals surface area contributed by atoms with Gasteiger partial charge in [-0.25, -0.2) is 4.98 Å². The molecule has 0 spiro atoms. The third-order valence-corrected chi connectivity index (χ3v) is 3.92. The van der Waals surface area contributed by atoms with E-state index in [1.165, 1.54) is 0 Å². The molecule has 4 heteroatoms. The van der Waals surface area contributed by atoms with E-state index < -0.39 is 0 Å². The van der Waals surface area contributed by atoms with Crippen molar-refractivity contribution in [2.75, 3.05) is 12.3 Å². The van der Waals surface area contributed by atoms with Crippen LogP contribution in [0.4, 0.5) is 0 Å². The fraction of sp³-hybridized carbons (Fsp3) is 0.500. The van der Waals surface area contributed by atoms with Gasteiger partial charge in [-0.3, -0.25) is 0 Å². The van der Waals surface area contributed by atoms with E-state index in [9.17, 15) is 0 Å². The Morgan fingerprint density at radius 3 is 3.07 bits per heavy atom. The van der Waals surface area contributed by atoms with E-state index in [0.717, 1.165) is 21.8 Å². The Labute approximate surface area is 98.0 Å². The van der Waals surface area contributed by atoms with E-state index in [4.69, 9.17) is 0 Å². The third kappa shape index (κ3) is 3.98. The number of pyridine rings is 1. The second kappa shape index (κ2) is 6.43. The van der Waals surface area contributed by atoms with Crippen LogP contribution in [-0.2, 0) is 0 Å². The Kier molecular flexibility index (Phi) is 5.52. The van der Waals surface area contributed by atoms with Crippen LogP contribution in [0.25, 0.3) is 0 Å². The van der Waals surface area contributed by atoms with E-state index in [1.807, 2.05) is 18.3 Å². The molecule has 2 nitrogen and oxygen atoms in total. The molecule has 0 saturated heterocycles. The van der Waals surface area contributed by atoms with Gasteiger partial charge in [0, 0.05) is 22.5 Å². The highest BCUT2D eigenvalue weighted by Gasteiger charge is 2.04. The highest BCUT2D eigenvalue weighted by molar-refractivity contribution is 9.10. The summed E-state index contributed by atoms with van der Waals surface area (Å²) in [7, 11) is 0. The summed E-state index contributed by atoms with van der Waals surface area (Å²) in [6, 6.07) is 4.48. The van der Waals surface area contributed by atoms with Gasteiger partial charge in [0.15, 0.2) is 0 Å². The van der Waals surface area contributed by atoms with Gasteiger partial charge in [0.05, 0.1) is 0 Å². The molecule has 0 aliphatic heterocycles. The number of nitrogens with one attached hydrogen (secondary N) is 1. The number of rotatable bonds is 5. The van der Waals surface area contributed by atoms with E-state index in [-0.39, 0.29) is 0 Å². The maximum absolute atomic E-state index is 4.30. The van der Waals surface area contributed by atoms with Crippen LogP contribution in [-0.4, -0.2) is 23.3 Å². The molecule has 0 fully saturated rings. The normalized spacial score (nSPS) is 12.8. The molecule has 0 aliphatic rings. The van der Waals surface area contributed by atoms with Crippen LogP contribution < -0.4 is 5.32 Å². The van der Waals surface area contributed by atoms with E-state index in [2.05, 4.69) is 40.1 Å². The first-order valence-electron chi connectivity index (χ1n) is 4.70. The van der Waals surface area contributed by atoms with Crippen LogP contribution in [0, 0.1) is 0 Å². The van der Waals surface area contributed by atoms with E-state index in [1.54, 1.807) is 11.8 Å². The predicted molar refractivity (Wildman–Crippen MR) is 65.8 cm³/mol. The van der Waals surface area contributed by atoms with Crippen molar-refractivity contribution in [3.8, 4) is 0 Å².